The van der Waals surface area contributed by atoms with Gasteiger partial charge in [0.2, 0.25) is 0 Å². The standard InChI is InChI=1S/C28H21FN2O2S/c1-18-6-13-22(14-7-18)30-28-31-27(32)26(34-28)16-24-23-5-3-2-4-20(23)10-15-25(24)33-17-19-8-11-21(29)12-9-19/h2-16H,17H2,1H3,(H,30,31,32)/b26-16+. The molecule has 0 spiro atoms. The zero-order valence-corrected chi connectivity index (χ0v) is 19.2. The average molecular weight is 469 g/mol. The average Bonchev–Trinajstić information content (AvgIpc) is 3.19. The molecule has 1 saturated heterocycles. The number of amides is 1. The van der Waals surface area contributed by atoms with Crippen molar-refractivity contribution in [2.75, 3.05) is 0 Å². The van der Waals surface area contributed by atoms with E-state index in [2.05, 4.69) is 10.3 Å². The minimum atomic E-state index is -0.285. The molecule has 4 aromatic rings. The second-order valence-corrected chi connectivity index (χ2v) is 8.96. The van der Waals surface area contributed by atoms with Crippen LogP contribution in [-0.2, 0) is 11.4 Å². The number of benzene rings is 4. The Hall–Kier alpha value is -3.90. The number of nitrogens with zero attached hydrogens (tertiary/aromatic N) is 1. The summed E-state index contributed by atoms with van der Waals surface area (Å²) in [4.78, 5) is 17.8. The van der Waals surface area contributed by atoms with Crippen LogP contribution in [0.5, 0.6) is 5.75 Å². The van der Waals surface area contributed by atoms with Gasteiger partial charge in [0.25, 0.3) is 5.91 Å². The predicted octanol–water partition coefficient (Wildman–Crippen LogP) is 6.76. The van der Waals surface area contributed by atoms with E-state index >= 15 is 0 Å². The van der Waals surface area contributed by atoms with Crippen LogP contribution < -0.4 is 10.1 Å². The van der Waals surface area contributed by atoms with Crippen LogP contribution in [0.25, 0.3) is 16.8 Å². The fraction of sp³-hybridized carbons (Fsp3) is 0.0714. The molecule has 0 saturated carbocycles. The maximum absolute atomic E-state index is 13.2. The van der Waals surface area contributed by atoms with Gasteiger partial charge in [-0.25, -0.2) is 9.38 Å². The third-order valence-corrected chi connectivity index (χ3v) is 6.34. The van der Waals surface area contributed by atoms with E-state index in [1.807, 2.05) is 73.7 Å². The van der Waals surface area contributed by atoms with E-state index in [0.717, 1.165) is 33.2 Å². The van der Waals surface area contributed by atoms with Crippen molar-refractivity contribution in [3.8, 4) is 5.75 Å². The summed E-state index contributed by atoms with van der Waals surface area (Å²) in [5.74, 6) is 0.161. The molecule has 0 bridgehead atoms. The Morgan fingerprint density at radius 3 is 2.53 bits per heavy atom. The van der Waals surface area contributed by atoms with Crippen LogP contribution in [0, 0.1) is 12.7 Å². The number of rotatable bonds is 5. The van der Waals surface area contributed by atoms with Crippen molar-refractivity contribution in [2.24, 2.45) is 4.99 Å². The number of carbonyl (C=O) groups is 1. The van der Waals surface area contributed by atoms with Gasteiger partial charge in [-0.2, -0.15) is 0 Å². The van der Waals surface area contributed by atoms with Gasteiger partial charge >= 0.3 is 0 Å². The molecule has 1 aliphatic heterocycles. The maximum atomic E-state index is 13.2. The highest BCUT2D eigenvalue weighted by atomic mass is 32.2. The Balaban J connectivity index is 1.47. The van der Waals surface area contributed by atoms with E-state index in [4.69, 9.17) is 4.74 Å². The molecule has 1 heterocycles. The van der Waals surface area contributed by atoms with Crippen molar-refractivity contribution >= 4 is 45.4 Å². The molecule has 168 valence electrons. The van der Waals surface area contributed by atoms with Crippen LogP contribution in [0.15, 0.2) is 94.8 Å². The summed E-state index contributed by atoms with van der Waals surface area (Å²) in [5, 5.41) is 5.40. The molecule has 34 heavy (non-hydrogen) atoms. The second kappa shape index (κ2) is 9.53. The van der Waals surface area contributed by atoms with Crippen molar-refractivity contribution in [1.82, 2.24) is 5.32 Å². The SMILES string of the molecule is Cc1ccc(N=C2NC(=O)/C(=C\c3c(OCc4ccc(F)cc4)ccc4ccccc34)S2)cc1. The number of aliphatic imine (C=N–C) groups is 1. The van der Waals surface area contributed by atoms with E-state index < -0.39 is 0 Å². The van der Waals surface area contributed by atoms with Gasteiger partial charge in [-0.15, -0.1) is 0 Å². The number of thioether (sulfide) groups is 1. The van der Waals surface area contributed by atoms with Crippen molar-refractivity contribution < 1.29 is 13.9 Å². The van der Waals surface area contributed by atoms with Crippen LogP contribution in [0.4, 0.5) is 10.1 Å². The van der Waals surface area contributed by atoms with Gasteiger partial charge in [-0.05, 0) is 71.4 Å². The van der Waals surface area contributed by atoms with Gasteiger partial charge in [0, 0.05) is 5.56 Å². The van der Waals surface area contributed by atoms with Crippen LogP contribution >= 0.6 is 11.8 Å². The fourth-order valence-corrected chi connectivity index (χ4v) is 4.46. The molecule has 0 atom stereocenters. The van der Waals surface area contributed by atoms with Crippen LogP contribution in [0.2, 0.25) is 0 Å². The highest BCUT2D eigenvalue weighted by Gasteiger charge is 2.25. The minimum absolute atomic E-state index is 0.201. The molecular formula is C28H21FN2O2S. The Morgan fingerprint density at radius 2 is 1.74 bits per heavy atom. The normalized spacial score (nSPS) is 15.8. The molecular weight excluding hydrogens is 447 g/mol. The summed E-state index contributed by atoms with van der Waals surface area (Å²) in [7, 11) is 0. The number of ether oxygens (including phenoxy) is 1. The highest BCUT2D eigenvalue weighted by Crippen LogP contribution is 2.35. The minimum Gasteiger partial charge on any atom is -0.488 e. The number of hydrogen-bond donors (Lipinski definition) is 1. The Labute approximate surface area is 201 Å². The first-order valence-electron chi connectivity index (χ1n) is 10.8. The summed E-state index contributed by atoms with van der Waals surface area (Å²) in [5.41, 5.74) is 3.60. The van der Waals surface area contributed by atoms with Gasteiger partial charge in [0.1, 0.15) is 18.2 Å². The highest BCUT2D eigenvalue weighted by molar-refractivity contribution is 8.18. The number of fused-ring (bicyclic) bond motifs is 1. The van der Waals surface area contributed by atoms with E-state index in [0.29, 0.717) is 15.8 Å². The van der Waals surface area contributed by atoms with Crippen LogP contribution in [0.1, 0.15) is 16.7 Å². The number of aryl methyl sites for hydroxylation is 1. The van der Waals surface area contributed by atoms with Gasteiger partial charge in [0.05, 0.1) is 10.6 Å². The third kappa shape index (κ3) is 4.87. The molecule has 0 aliphatic carbocycles. The number of nitrogens with one attached hydrogen (secondary N) is 1. The molecule has 6 heteroatoms. The molecule has 0 radical (unpaired) electrons. The van der Waals surface area contributed by atoms with Gasteiger partial charge < -0.3 is 10.1 Å². The molecule has 4 aromatic carbocycles. The summed E-state index contributed by atoms with van der Waals surface area (Å²) >= 11 is 1.30. The summed E-state index contributed by atoms with van der Waals surface area (Å²) in [6.45, 7) is 2.30. The lowest BCUT2D eigenvalue weighted by Gasteiger charge is -2.12. The quantitative estimate of drug-likeness (QED) is 0.329. The molecule has 0 aromatic heterocycles. The number of carbonyl (C=O) groups excluding carboxylic acids is 1. The fourth-order valence-electron chi connectivity index (χ4n) is 3.64. The molecule has 1 fully saturated rings. The Kier molecular flexibility index (Phi) is 6.14. The lowest BCUT2D eigenvalue weighted by Crippen LogP contribution is -2.19. The van der Waals surface area contributed by atoms with E-state index in [1.54, 1.807) is 12.1 Å². The van der Waals surface area contributed by atoms with E-state index in [-0.39, 0.29) is 18.3 Å². The molecule has 5 rings (SSSR count). The predicted molar refractivity (Wildman–Crippen MR) is 137 cm³/mol. The van der Waals surface area contributed by atoms with Gasteiger partial charge in [-0.1, -0.05) is 60.2 Å². The molecule has 4 nitrogen and oxygen atoms in total. The van der Waals surface area contributed by atoms with Crippen molar-refractivity contribution in [2.45, 2.75) is 13.5 Å². The summed E-state index contributed by atoms with van der Waals surface area (Å²) in [6.07, 6.45) is 1.85. The number of halogens is 1. The second-order valence-electron chi connectivity index (χ2n) is 7.93. The third-order valence-electron chi connectivity index (χ3n) is 5.43. The molecule has 0 unspecified atom stereocenters. The van der Waals surface area contributed by atoms with Crippen molar-refractivity contribution in [1.29, 1.82) is 0 Å². The lowest BCUT2D eigenvalue weighted by molar-refractivity contribution is -0.115. The number of amidine groups is 1. The summed E-state index contributed by atoms with van der Waals surface area (Å²) in [6, 6.07) is 25.9. The summed E-state index contributed by atoms with van der Waals surface area (Å²) < 4.78 is 19.4. The van der Waals surface area contributed by atoms with E-state index in [9.17, 15) is 9.18 Å². The largest absolute Gasteiger partial charge is 0.488 e. The first-order valence-corrected chi connectivity index (χ1v) is 11.6. The Morgan fingerprint density at radius 1 is 0.971 bits per heavy atom. The smallest absolute Gasteiger partial charge is 0.264 e. The van der Waals surface area contributed by atoms with E-state index in [1.165, 1.54) is 23.9 Å². The first-order chi connectivity index (χ1) is 16.5. The van der Waals surface area contributed by atoms with Crippen LogP contribution in [-0.4, -0.2) is 11.1 Å². The maximum Gasteiger partial charge on any atom is 0.264 e. The Bertz CT molecular complexity index is 1430. The van der Waals surface area contributed by atoms with Gasteiger partial charge in [-0.3, -0.25) is 4.79 Å². The molecule has 1 aliphatic rings. The van der Waals surface area contributed by atoms with Gasteiger partial charge in [0.15, 0.2) is 5.17 Å². The lowest BCUT2D eigenvalue weighted by atomic mass is 10.0. The number of hydrogen-bond acceptors (Lipinski definition) is 4. The monoisotopic (exact) mass is 468 g/mol. The molecule has 1 N–H and O–H groups in total. The van der Waals surface area contributed by atoms with Crippen molar-refractivity contribution in [3.63, 3.8) is 0 Å². The molecule has 1 amide bonds. The first kappa shape index (κ1) is 21.9. The van der Waals surface area contributed by atoms with Crippen molar-refractivity contribution in [3.05, 3.63) is 112 Å². The zero-order chi connectivity index (χ0) is 23.5. The zero-order valence-electron chi connectivity index (χ0n) is 18.4. The van der Waals surface area contributed by atoms with Crippen LogP contribution in [0.3, 0.4) is 0 Å². The topological polar surface area (TPSA) is 50.7 Å².